The zero-order valence-electron chi connectivity index (χ0n) is 7.21. The molecule has 1 saturated heterocycles. The molecule has 2 rings (SSSR count). The molecule has 0 aromatic carbocycles. The van der Waals surface area contributed by atoms with Crippen LogP contribution in [0.5, 0.6) is 0 Å². The third kappa shape index (κ3) is 1.27. The van der Waals surface area contributed by atoms with E-state index in [4.69, 9.17) is 10.8 Å². The van der Waals surface area contributed by atoms with Crippen LogP contribution in [0.25, 0.3) is 0 Å². The molecule has 0 amide bonds. The number of anilines is 1. The second-order valence-corrected chi connectivity index (χ2v) is 5.03. The van der Waals surface area contributed by atoms with E-state index in [1.54, 1.807) is 0 Å². The number of nitrogen functional groups attached to an aromatic ring is 1. The van der Waals surface area contributed by atoms with Crippen molar-refractivity contribution in [1.82, 2.24) is 14.5 Å². The Morgan fingerprint density at radius 3 is 2.71 bits per heavy atom. The second-order valence-electron chi connectivity index (χ2n) is 3.12. The van der Waals surface area contributed by atoms with Crippen LogP contribution >= 0.6 is 0 Å². The molecule has 78 valence electrons. The summed E-state index contributed by atoms with van der Waals surface area (Å²) in [5, 5.41) is 14.9. The molecule has 7 nitrogen and oxygen atoms in total. The van der Waals surface area contributed by atoms with Gasteiger partial charge in [-0.05, 0) is 0 Å². The molecule has 0 aliphatic carbocycles. The highest BCUT2D eigenvalue weighted by Gasteiger charge is 2.37. The van der Waals surface area contributed by atoms with Crippen LogP contribution in [-0.2, 0) is 10.0 Å². The molecule has 4 N–H and O–H groups in total. The Bertz CT molecular complexity index is 434. The van der Waals surface area contributed by atoms with Crippen molar-refractivity contribution in [2.45, 2.75) is 11.0 Å². The Balaban J connectivity index is 2.30. The normalized spacial score (nSPS) is 19.5. The lowest BCUT2D eigenvalue weighted by Gasteiger charge is -2.34. The highest BCUT2D eigenvalue weighted by Crippen LogP contribution is 2.23. The average Bonchev–Trinajstić information content (AvgIpc) is 2.46. The zero-order valence-corrected chi connectivity index (χ0v) is 8.03. The number of nitrogens with one attached hydrogen (secondary N) is 1. The standard InChI is InChI=1S/C6H10N4O3S/c7-6-5(1-8-9-6)14(12,13)10-2-4(11)3-10/h1,4,11H,2-3H2,(H3,7,8,9). The molecule has 0 saturated carbocycles. The van der Waals surface area contributed by atoms with Gasteiger partial charge in [-0.1, -0.05) is 0 Å². The molecule has 0 spiro atoms. The predicted molar refractivity (Wildman–Crippen MR) is 47.8 cm³/mol. The van der Waals surface area contributed by atoms with Crippen molar-refractivity contribution in [3.05, 3.63) is 6.20 Å². The SMILES string of the molecule is Nc1[nH]ncc1S(=O)(=O)N1CC(O)C1. The van der Waals surface area contributed by atoms with E-state index < -0.39 is 16.1 Å². The van der Waals surface area contributed by atoms with E-state index in [-0.39, 0.29) is 23.8 Å². The summed E-state index contributed by atoms with van der Waals surface area (Å²) in [6.45, 7) is 0.236. The number of hydrogen-bond acceptors (Lipinski definition) is 5. The van der Waals surface area contributed by atoms with Gasteiger partial charge in [0.1, 0.15) is 10.7 Å². The van der Waals surface area contributed by atoms with Gasteiger partial charge in [0.15, 0.2) is 0 Å². The van der Waals surface area contributed by atoms with Gasteiger partial charge in [0.05, 0.1) is 12.3 Å². The topological polar surface area (TPSA) is 112 Å². The van der Waals surface area contributed by atoms with Crippen molar-refractivity contribution >= 4 is 15.8 Å². The molecule has 1 aromatic rings. The quantitative estimate of drug-likeness (QED) is 0.551. The number of nitrogens with zero attached hydrogens (tertiary/aromatic N) is 2. The summed E-state index contributed by atoms with van der Waals surface area (Å²) in [4.78, 5) is -0.0376. The lowest BCUT2D eigenvalue weighted by atomic mass is 10.2. The van der Waals surface area contributed by atoms with Crippen molar-refractivity contribution in [3.63, 3.8) is 0 Å². The Morgan fingerprint density at radius 1 is 1.64 bits per heavy atom. The maximum absolute atomic E-state index is 11.7. The third-order valence-electron chi connectivity index (χ3n) is 2.08. The first-order valence-corrected chi connectivity index (χ1v) is 5.43. The van der Waals surface area contributed by atoms with E-state index in [1.807, 2.05) is 0 Å². The minimum Gasteiger partial charge on any atom is -0.390 e. The summed E-state index contributed by atoms with van der Waals surface area (Å²) < 4.78 is 24.6. The van der Waals surface area contributed by atoms with E-state index in [0.29, 0.717) is 0 Å². The van der Waals surface area contributed by atoms with Gasteiger partial charge in [0.2, 0.25) is 10.0 Å². The van der Waals surface area contributed by atoms with Gasteiger partial charge < -0.3 is 10.8 Å². The average molecular weight is 218 g/mol. The van der Waals surface area contributed by atoms with E-state index in [0.717, 1.165) is 10.5 Å². The molecule has 0 bridgehead atoms. The number of nitrogens with two attached hydrogens (primary N) is 1. The first-order chi connectivity index (χ1) is 6.51. The van der Waals surface area contributed by atoms with Crippen LogP contribution in [0.3, 0.4) is 0 Å². The van der Waals surface area contributed by atoms with E-state index in [9.17, 15) is 8.42 Å². The van der Waals surface area contributed by atoms with Crippen LogP contribution in [0.1, 0.15) is 0 Å². The van der Waals surface area contributed by atoms with Crippen molar-refractivity contribution in [1.29, 1.82) is 0 Å². The number of aromatic amines is 1. The fourth-order valence-corrected chi connectivity index (χ4v) is 2.77. The zero-order chi connectivity index (χ0) is 10.3. The maximum atomic E-state index is 11.7. The third-order valence-corrected chi connectivity index (χ3v) is 3.94. The molecule has 0 atom stereocenters. The van der Waals surface area contributed by atoms with E-state index in [2.05, 4.69) is 10.2 Å². The molecule has 0 radical (unpaired) electrons. The van der Waals surface area contributed by atoms with E-state index >= 15 is 0 Å². The molecule has 8 heteroatoms. The van der Waals surface area contributed by atoms with Crippen LogP contribution in [0.15, 0.2) is 11.1 Å². The van der Waals surface area contributed by atoms with Gasteiger partial charge in [-0.3, -0.25) is 5.10 Å². The lowest BCUT2D eigenvalue weighted by molar-refractivity contribution is 0.0548. The van der Waals surface area contributed by atoms with Gasteiger partial charge >= 0.3 is 0 Å². The number of rotatable bonds is 2. The molecule has 2 heterocycles. The monoisotopic (exact) mass is 218 g/mol. The first-order valence-electron chi connectivity index (χ1n) is 3.99. The predicted octanol–water partition coefficient (Wildman–Crippen LogP) is -1.64. The van der Waals surface area contributed by atoms with Crippen molar-refractivity contribution in [2.75, 3.05) is 18.8 Å². The Kier molecular flexibility index (Phi) is 1.98. The highest BCUT2D eigenvalue weighted by molar-refractivity contribution is 7.89. The fraction of sp³-hybridized carbons (Fsp3) is 0.500. The summed E-state index contributed by atoms with van der Waals surface area (Å²) in [7, 11) is -3.57. The number of H-pyrrole nitrogens is 1. The molecular formula is C6H10N4O3S. The number of aromatic nitrogens is 2. The van der Waals surface area contributed by atoms with E-state index in [1.165, 1.54) is 0 Å². The van der Waals surface area contributed by atoms with Crippen LogP contribution < -0.4 is 5.73 Å². The number of aliphatic hydroxyl groups is 1. The summed E-state index contributed by atoms with van der Waals surface area (Å²) in [6.07, 6.45) is 0.591. The molecule has 1 aliphatic rings. The smallest absolute Gasteiger partial charge is 0.248 e. The highest BCUT2D eigenvalue weighted by atomic mass is 32.2. The summed E-state index contributed by atoms with van der Waals surface area (Å²) in [5.41, 5.74) is 5.39. The van der Waals surface area contributed by atoms with Gasteiger partial charge in [-0.15, -0.1) is 0 Å². The summed E-state index contributed by atoms with van der Waals surface area (Å²) >= 11 is 0. The maximum Gasteiger partial charge on any atom is 0.248 e. The second kappa shape index (κ2) is 2.94. The Labute approximate surface area is 80.6 Å². The Hall–Kier alpha value is -1.12. The molecule has 0 unspecified atom stereocenters. The fourth-order valence-electron chi connectivity index (χ4n) is 1.24. The van der Waals surface area contributed by atoms with Gasteiger partial charge in [0, 0.05) is 13.1 Å². The number of hydrogen-bond donors (Lipinski definition) is 3. The summed E-state index contributed by atoms with van der Waals surface area (Å²) in [6, 6.07) is 0. The van der Waals surface area contributed by atoms with Crippen LogP contribution in [0.4, 0.5) is 5.82 Å². The van der Waals surface area contributed by atoms with Crippen molar-refractivity contribution < 1.29 is 13.5 Å². The lowest BCUT2D eigenvalue weighted by Crippen LogP contribution is -2.53. The molecule has 1 aliphatic heterocycles. The van der Waals surface area contributed by atoms with Crippen LogP contribution in [-0.4, -0.2) is 47.2 Å². The molecular weight excluding hydrogens is 208 g/mol. The Morgan fingerprint density at radius 2 is 2.29 bits per heavy atom. The van der Waals surface area contributed by atoms with Crippen molar-refractivity contribution in [3.8, 4) is 0 Å². The van der Waals surface area contributed by atoms with Crippen LogP contribution in [0.2, 0.25) is 0 Å². The molecule has 1 aromatic heterocycles. The minimum absolute atomic E-state index is 0.0198. The van der Waals surface area contributed by atoms with Gasteiger partial charge in [-0.2, -0.15) is 9.40 Å². The van der Waals surface area contributed by atoms with Gasteiger partial charge in [-0.25, -0.2) is 8.42 Å². The molecule has 1 fully saturated rings. The van der Waals surface area contributed by atoms with Crippen molar-refractivity contribution in [2.24, 2.45) is 0 Å². The minimum atomic E-state index is -3.57. The summed E-state index contributed by atoms with van der Waals surface area (Å²) in [5.74, 6) is 0.0198. The number of aliphatic hydroxyl groups excluding tert-OH is 1. The molecule has 14 heavy (non-hydrogen) atoms. The first kappa shape index (κ1) is 9.44. The van der Waals surface area contributed by atoms with Gasteiger partial charge in [0.25, 0.3) is 0 Å². The number of β-amino-alcohol motifs (C(OH)–C–C–N with tert-alkyl or cyclic N) is 1. The number of sulfonamides is 1. The largest absolute Gasteiger partial charge is 0.390 e. The van der Waals surface area contributed by atoms with Crippen LogP contribution in [0, 0.1) is 0 Å².